The third-order valence-electron chi connectivity index (χ3n) is 2.63. The van der Waals surface area contributed by atoms with E-state index >= 15 is 0 Å². The van der Waals surface area contributed by atoms with Crippen LogP contribution in [0.2, 0.25) is 0 Å². The SMILES string of the molecule is CC(C)(C)CC(=O)N1CSCC1C(=O)NCCN.Cl. The first-order valence-corrected chi connectivity index (χ1v) is 7.35. The molecule has 1 unspecified atom stereocenters. The lowest BCUT2D eigenvalue weighted by Crippen LogP contribution is -2.48. The van der Waals surface area contributed by atoms with Gasteiger partial charge in [0, 0.05) is 25.3 Å². The van der Waals surface area contributed by atoms with Crippen molar-refractivity contribution in [2.24, 2.45) is 11.1 Å². The Hall–Kier alpha value is -0.460. The Morgan fingerprint density at radius 2 is 2.05 bits per heavy atom. The quantitative estimate of drug-likeness (QED) is 0.806. The molecule has 7 heteroatoms. The zero-order valence-electron chi connectivity index (χ0n) is 11.8. The van der Waals surface area contributed by atoms with Crippen LogP contribution in [0.1, 0.15) is 27.2 Å². The van der Waals surface area contributed by atoms with Gasteiger partial charge in [-0.05, 0) is 5.41 Å². The number of hydrogen-bond donors (Lipinski definition) is 2. The zero-order valence-corrected chi connectivity index (χ0v) is 13.4. The highest BCUT2D eigenvalue weighted by atomic mass is 35.5. The molecule has 0 radical (unpaired) electrons. The predicted octanol–water partition coefficient (Wildman–Crippen LogP) is 0.821. The zero-order chi connectivity index (χ0) is 13.8. The highest BCUT2D eigenvalue weighted by Gasteiger charge is 2.35. The molecule has 5 nitrogen and oxygen atoms in total. The van der Waals surface area contributed by atoms with Crippen LogP contribution in [0.5, 0.6) is 0 Å². The summed E-state index contributed by atoms with van der Waals surface area (Å²) in [6.45, 7) is 6.95. The van der Waals surface area contributed by atoms with Crippen molar-refractivity contribution < 1.29 is 9.59 Å². The molecule has 1 rings (SSSR count). The molecule has 0 aromatic carbocycles. The second-order valence-electron chi connectivity index (χ2n) is 5.70. The first-order chi connectivity index (χ1) is 8.35. The highest BCUT2D eigenvalue weighted by molar-refractivity contribution is 7.99. The minimum atomic E-state index is -0.337. The van der Waals surface area contributed by atoms with Crippen molar-refractivity contribution in [3.05, 3.63) is 0 Å². The lowest BCUT2D eigenvalue weighted by molar-refractivity contribution is -0.139. The Balaban J connectivity index is 0.00000324. The van der Waals surface area contributed by atoms with Crippen LogP contribution in [0.15, 0.2) is 0 Å². The number of carbonyl (C=O) groups is 2. The third-order valence-corrected chi connectivity index (χ3v) is 3.64. The van der Waals surface area contributed by atoms with Crippen molar-refractivity contribution in [1.82, 2.24) is 10.2 Å². The number of halogens is 1. The van der Waals surface area contributed by atoms with E-state index in [9.17, 15) is 9.59 Å². The van der Waals surface area contributed by atoms with E-state index in [1.54, 1.807) is 16.7 Å². The summed E-state index contributed by atoms with van der Waals surface area (Å²) in [5.41, 5.74) is 5.30. The lowest BCUT2D eigenvalue weighted by atomic mass is 9.91. The number of nitrogens with zero attached hydrogens (tertiary/aromatic N) is 1. The number of nitrogens with two attached hydrogens (primary N) is 1. The fourth-order valence-corrected chi connectivity index (χ4v) is 2.95. The van der Waals surface area contributed by atoms with E-state index < -0.39 is 0 Å². The molecule has 0 aliphatic carbocycles. The summed E-state index contributed by atoms with van der Waals surface area (Å²) in [5.74, 6) is 1.25. The maximum absolute atomic E-state index is 12.2. The highest BCUT2D eigenvalue weighted by Crippen LogP contribution is 2.26. The third kappa shape index (κ3) is 6.01. The topological polar surface area (TPSA) is 75.4 Å². The molecular weight excluding hydrogens is 286 g/mol. The van der Waals surface area contributed by atoms with Crippen molar-refractivity contribution in [3.63, 3.8) is 0 Å². The van der Waals surface area contributed by atoms with Gasteiger partial charge in [0.05, 0.1) is 5.88 Å². The Morgan fingerprint density at radius 3 is 2.58 bits per heavy atom. The van der Waals surface area contributed by atoms with Crippen LogP contribution < -0.4 is 11.1 Å². The van der Waals surface area contributed by atoms with Crippen LogP contribution in [-0.4, -0.2) is 47.5 Å². The second kappa shape index (κ2) is 7.97. The van der Waals surface area contributed by atoms with Gasteiger partial charge in [0.1, 0.15) is 6.04 Å². The monoisotopic (exact) mass is 309 g/mol. The van der Waals surface area contributed by atoms with Gasteiger partial charge in [-0.25, -0.2) is 0 Å². The average molecular weight is 310 g/mol. The van der Waals surface area contributed by atoms with Crippen molar-refractivity contribution >= 4 is 36.0 Å². The summed E-state index contributed by atoms with van der Waals surface area (Å²) >= 11 is 1.62. The van der Waals surface area contributed by atoms with Gasteiger partial charge in [0.2, 0.25) is 11.8 Å². The molecule has 1 saturated heterocycles. The van der Waals surface area contributed by atoms with Crippen molar-refractivity contribution in [2.75, 3.05) is 24.7 Å². The van der Waals surface area contributed by atoms with Gasteiger partial charge in [-0.15, -0.1) is 24.2 Å². The van der Waals surface area contributed by atoms with E-state index in [4.69, 9.17) is 5.73 Å². The van der Waals surface area contributed by atoms with Crippen LogP contribution in [0.25, 0.3) is 0 Å². The van der Waals surface area contributed by atoms with Crippen LogP contribution in [0.4, 0.5) is 0 Å². The molecule has 1 aliphatic heterocycles. The smallest absolute Gasteiger partial charge is 0.243 e. The number of thioether (sulfide) groups is 1. The molecule has 1 fully saturated rings. The maximum Gasteiger partial charge on any atom is 0.243 e. The van der Waals surface area contributed by atoms with Gasteiger partial charge in [-0.2, -0.15) is 0 Å². The minimum absolute atomic E-state index is 0. The average Bonchev–Trinajstić information content (AvgIpc) is 2.72. The summed E-state index contributed by atoms with van der Waals surface area (Å²) in [5, 5.41) is 2.75. The van der Waals surface area contributed by atoms with Gasteiger partial charge >= 0.3 is 0 Å². The van der Waals surface area contributed by atoms with Gasteiger partial charge in [-0.1, -0.05) is 20.8 Å². The summed E-state index contributed by atoms with van der Waals surface area (Å²) in [6.07, 6.45) is 0.466. The fourth-order valence-electron chi connectivity index (χ4n) is 1.77. The Labute approximate surface area is 125 Å². The molecule has 1 atom stereocenters. The molecule has 2 amide bonds. The molecule has 3 N–H and O–H groups in total. The predicted molar refractivity (Wildman–Crippen MR) is 81.3 cm³/mol. The molecule has 1 aliphatic rings. The van der Waals surface area contributed by atoms with Crippen LogP contribution in [-0.2, 0) is 9.59 Å². The first kappa shape index (κ1) is 18.5. The normalized spacial score (nSPS) is 18.9. The molecule has 0 spiro atoms. The molecule has 0 bridgehead atoms. The van der Waals surface area contributed by atoms with Gasteiger partial charge in [0.25, 0.3) is 0 Å². The van der Waals surface area contributed by atoms with E-state index in [0.717, 1.165) is 0 Å². The Bertz CT molecular complexity index is 321. The van der Waals surface area contributed by atoms with Crippen molar-refractivity contribution in [1.29, 1.82) is 0 Å². The second-order valence-corrected chi connectivity index (χ2v) is 6.70. The van der Waals surface area contributed by atoms with Gasteiger partial charge in [0.15, 0.2) is 0 Å². The molecule has 0 aromatic rings. The first-order valence-electron chi connectivity index (χ1n) is 6.20. The van der Waals surface area contributed by atoms with Crippen LogP contribution >= 0.6 is 24.2 Å². The number of carbonyl (C=O) groups excluding carboxylic acids is 2. The van der Waals surface area contributed by atoms with Crippen molar-refractivity contribution in [3.8, 4) is 0 Å². The van der Waals surface area contributed by atoms with Crippen LogP contribution in [0, 0.1) is 5.41 Å². The number of rotatable bonds is 4. The van der Waals surface area contributed by atoms with E-state index in [1.165, 1.54) is 0 Å². The number of nitrogens with one attached hydrogen (secondary N) is 1. The molecule has 1 heterocycles. The standard InChI is InChI=1S/C12H23N3O2S.ClH/c1-12(2,3)6-10(16)15-8-18-7-9(15)11(17)14-5-4-13;/h9H,4-8,13H2,1-3H3,(H,14,17);1H. The van der Waals surface area contributed by atoms with E-state index in [-0.39, 0.29) is 35.7 Å². The molecule has 0 aromatic heterocycles. The minimum Gasteiger partial charge on any atom is -0.353 e. The van der Waals surface area contributed by atoms with Gasteiger partial charge in [-0.3, -0.25) is 9.59 Å². The number of amides is 2. The molecular formula is C12H24ClN3O2S. The van der Waals surface area contributed by atoms with Gasteiger partial charge < -0.3 is 16.0 Å². The molecule has 112 valence electrons. The summed E-state index contributed by atoms with van der Waals surface area (Å²) in [7, 11) is 0. The number of hydrogen-bond acceptors (Lipinski definition) is 4. The summed E-state index contributed by atoms with van der Waals surface area (Å²) < 4.78 is 0. The van der Waals surface area contributed by atoms with Crippen LogP contribution in [0.3, 0.4) is 0 Å². The maximum atomic E-state index is 12.2. The van der Waals surface area contributed by atoms with E-state index in [2.05, 4.69) is 5.32 Å². The summed E-state index contributed by atoms with van der Waals surface area (Å²) in [6, 6.07) is -0.337. The molecule has 0 saturated carbocycles. The fraction of sp³-hybridized carbons (Fsp3) is 0.833. The lowest BCUT2D eigenvalue weighted by Gasteiger charge is -2.26. The van der Waals surface area contributed by atoms with Crippen molar-refractivity contribution in [2.45, 2.75) is 33.2 Å². The van der Waals surface area contributed by atoms with E-state index in [1.807, 2.05) is 20.8 Å². The largest absolute Gasteiger partial charge is 0.353 e. The summed E-state index contributed by atoms with van der Waals surface area (Å²) in [4.78, 5) is 25.8. The van der Waals surface area contributed by atoms with E-state index in [0.29, 0.717) is 31.1 Å². The Morgan fingerprint density at radius 1 is 1.42 bits per heavy atom. The molecule has 19 heavy (non-hydrogen) atoms. The Kier molecular flexibility index (Phi) is 7.78.